The van der Waals surface area contributed by atoms with E-state index >= 15 is 0 Å². The summed E-state index contributed by atoms with van der Waals surface area (Å²) in [7, 11) is -3.58. The van der Waals surface area contributed by atoms with Crippen molar-refractivity contribution in [1.29, 1.82) is 0 Å². The van der Waals surface area contributed by atoms with E-state index in [-0.39, 0.29) is 22.5 Å². The van der Waals surface area contributed by atoms with E-state index in [1.807, 2.05) is 0 Å². The van der Waals surface area contributed by atoms with Crippen molar-refractivity contribution in [1.82, 2.24) is 9.71 Å². The topological polar surface area (TPSA) is 105 Å². The minimum atomic E-state index is -3.58. The fraction of sp³-hybridized carbons (Fsp3) is 0.400. The van der Waals surface area contributed by atoms with Crippen LogP contribution in [0.3, 0.4) is 0 Å². The van der Waals surface area contributed by atoms with Gasteiger partial charge < -0.3 is 10.7 Å². The molecule has 7 heteroatoms. The van der Waals surface area contributed by atoms with Crippen LogP contribution < -0.4 is 16.0 Å². The number of benzene rings is 1. The summed E-state index contributed by atoms with van der Waals surface area (Å²) in [4.78, 5) is 14.4. The van der Waals surface area contributed by atoms with Crippen molar-refractivity contribution >= 4 is 20.9 Å². The van der Waals surface area contributed by atoms with Gasteiger partial charge in [0, 0.05) is 29.1 Å². The zero-order chi connectivity index (χ0) is 15.9. The molecule has 22 heavy (non-hydrogen) atoms. The highest BCUT2D eigenvalue weighted by molar-refractivity contribution is 7.89. The van der Waals surface area contributed by atoms with Crippen LogP contribution in [0.2, 0.25) is 0 Å². The van der Waals surface area contributed by atoms with Crippen molar-refractivity contribution < 1.29 is 8.42 Å². The van der Waals surface area contributed by atoms with E-state index in [0.29, 0.717) is 11.9 Å². The van der Waals surface area contributed by atoms with E-state index in [1.165, 1.54) is 12.1 Å². The molecule has 3 rings (SSSR count). The number of hydrogen-bond acceptors (Lipinski definition) is 4. The van der Waals surface area contributed by atoms with Crippen LogP contribution in [0.5, 0.6) is 0 Å². The number of sulfonamides is 1. The van der Waals surface area contributed by atoms with Crippen molar-refractivity contribution in [3.05, 3.63) is 40.2 Å². The van der Waals surface area contributed by atoms with Crippen LogP contribution in [0, 0.1) is 6.92 Å². The average Bonchev–Trinajstić information content (AvgIpc) is 2.82. The smallest absolute Gasteiger partial charge is 0.248 e. The number of pyridine rings is 1. The first kappa shape index (κ1) is 15.2. The maximum Gasteiger partial charge on any atom is 0.248 e. The normalized spacial score (nSPS) is 22.3. The Kier molecular flexibility index (Phi) is 3.80. The SMILES string of the molecule is Cc1cc(=O)[nH]c2ccc(S(=O)(=O)N[C@@H]3CC[C@@H](N)C3)cc12. The Morgan fingerprint density at radius 2 is 2.05 bits per heavy atom. The molecular weight excluding hydrogens is 302 g/mol. The lowest BCUT2D eigenvalue weighted by Gasteiger charge is -2.13. The minimum absolute atomic E-state index is 0.0663. The standard InChI is InChI=1S/C15H19N3O3S/c1-9-6-15(19)17-14-5-4-12(8-13(9)14)22(20,21)18-11-3-2-10(16)7-11/h4-6,8,10-11,18H,2-3,7,16H2,1H3,(H,17,19)/t10-,11-/m1/s1. The van der Waals surface area contributed by atoms with Crippen LogP contribution in [-0.4, -0.2) is 25.5 Å². The van der Waals surface area contributed by atoms with Gasteiger partial charge in [-0.25, -0.2) is 13.1 Å². The molecule has 1 aliphatic rings. The fourth-order valence-corrected chi connectivity index (χ4v) is 4.29. The second kappa shape index (κ2) is 5.49. The highest BCUT2D eigenvalue weighted by Crippen LogP contribution is 2.22. The van der Waals surface area contributed by atoms with Crippen LogP contribution in [0.4, 0.5) is 0 Å². The second-order valence-corrected chi connectivity index (χ2v) is 7.63. The van der Waals surface area contributed by atoms with Gasteiger partial charge >= 0.3 is 0 Å². The largest absolute Gasteiger partial charge is 0.328 e. The number of hydrogen-bond donors (Lipinski definition) is 3. The Morgan fingerprint density at radius 1 is 1.27 bits per heavy atom. The molecule has 118 valence electrons. The highest BCUT2D eigenvalue weighted by Gasteiger charge is 2.27. The number of fused-ring (bicyclic) bond motifs is 1. The predicted molar refractivity (Wildman–Crippen MR) is 85.2 cm³/mol. The summed E-state index contributed by atoms with van der Waals surface area (Å²) >= 11 is 0. The van der Waals surface area contributed by atoms with Gasteiger partial charge in [-0.3, -0.25) is 4.79 Å². The number of nitrogens with one attached hydrogen (secondary N) is 2. The maximum absolute atomic E-state index is 12.5. The number of rotatable bonds is 3. The molecule has 1 aromatic heterocycles. The summed E-state index contributed by atoms with van der Waals surface area (Å²) in [6.45, 7) is 1.79. The molecule has 0 spiro atoms. The summed E-state index contributed by atoms with van der Waals surface area (Å²) in [5, 5.41) is 0.727. The number of nitrogens with two attached hydrogens (primary N) is 1. The van der Waals surface area contributed by atoms with Gasteiger partial charge in [0.25, 0.3) is 0 Å². The summed E-state index contributed by atoms with van der Waals surface area (Å²) in [6.07, 6.45) is 2.27. The first-order valence-corrected chi connectivity index (χ1v) is 8.75. The zero-order valence-corrected chi connectivity index (χ0v) is 13.1. The molecule has 2 aromatic rings. The van der Waals surface area contributed by atoms with E-state index in [9.17, 15) is 13.2 Å². The Hall–Kier alpha value is -1.70. The molecule has 0 unspecified atom stereocenters. The summed E-state index contributed by atoms with van der Waals surface area (Å²) in [6, 6.07) is 6.15. The first-order valence-electron chi connectivity index (χ1n) is 7.27. The van der Waals surface area contributed by atoms with Gasteiger partial charge in [-0.15, -0.1) is 0 Å². The Balaban J connectivity index is 1.97. The molecule has 1 aliphatic carbocycles. The van der Waals surface area contributed by atoms with E-state index < -0.39 is 10.0 Å². The molecule has 6 nitrogen and oxygen atoms in total. The predicted octanol–water partition coefficient (Wildman–Crippen LogP) is 0.995. The van der Waals surface area contributed by atoms with Gasteiger partial charge in [0.05, 0.1) is 4.90 Å². The third-order valence-corrected chi connectivity index (χ3v) is 5.64. The molecule has 0 saturated heterocycles. The Morgan fingerprint density at radius 3 is 2.73 bits per heavy atom. The van der Waals surface area contributed by atoms with E-state index in [1.54, 1.807) is 19.1 Å². The first-order chi connectivity index (χ1) is 10.3. The van der Waals surface area contributed by atoms with E-state index in [2.05, 4.69) is 9.71 Å². The number of aromatic nitrogens is 1. The van der Waals surface area contributed by atoms with Crippen molar-refractivity contribution in [3.63, 3.8) is 0 Å². The number of aromatic amines is 1. The molecular formula is C15H19N3O3S. The van der Waals surface area contributed by atoms with Gasteiger partial charge in [0.1, 0.15) is 0 Å². The number of aryl methyl sites for hydroxylation is 1. The fourth-order valence-electron chi connectivity index (χ4n) is 2.98. The van der Waals surface area contributed by atoms with Crippen molar-refractivity contribution in [2.24, 2.45) is 5.73 Å². The molecule has 1 saturated carbocycles. The zero-order valence-electron chi connectivity index (χ0n) is 12.3. The molecule has 0 amide bonds. The molecule has 0 radical (unpaired) electrons. The van der Waals surface area contributed by atoms with Gasteiger partial charge in [-0.1, -0.05) is 0 Å². The summed E-state index contributed by atoms with van der Waals surface area (Å²) in [5.41, 5.74) is 7.01. The molecule has 4 N–H and O–H groups in total. The second-order valence-electron chi connectivity index (χ2n) is 5.92. The van der Waals surface area contributed by atoms with Gasteiger partial charge in [0.15, 0.2) is 0 Å². The van der Waals surface area contributed by atoms with Crippen LogP contribution in [0.1, 0.15) is 24.8 Å². The Bertz CT molecular complexity index is 873. The summed E-state index contributed by atoms with van der Waals surface area (Å²) in [5.74, 6) is 0. The van der Waals surface area contributed by atoms with Crippen LogP contribution in [0.15, 0.2) is 34.0 Å². The Labute approximate surface area is 128 Å². The molecule has 0 bridgehead atoms. The lowest BCUT2D eigenvalue weighted by Crippen LogP contribution is -2.34. The van der Waals surface area contributed by atoms with Crippen LogP contribution in [-0.2, 0) is 10.0 Å². The molecule has 2 atom stereocenters. The lowest BCUT2D eigenvalue weighted by atomic mass is 10.1. The van der Waals surface area contributed by atoms with Gasteiger partial charge in [-0.2, -0.15) is 0 Å². The number of H-pyrrole nitrogens is 1. The van der Waals surface area contributed by atoms with Crippen molar-refractivity contribution in [2.45, 2.75) is 43.2 Å². The molecule has 0 aliphatic heterocycles. The third kappa shape index (κ3) is 2.92. The third-order valence-electron chi connectivity index (χ3n) is 4.13. The maximum atomic E-state index is 12.5. The lowest BCUT2D eigenvalue weighted by molar-refractivity contribution is 0.549. The monoisotopic (exact) mass is 321 g/mol. The van der Waals surface area contributed by atoms with Crippen LogP contribution >= 0.6 is 0 Å². The van der Waals surface area contributed by atoms with E-state index in [0.717, 1.165) is 23.8 Å². The molecule has 1 fully saturated rings. The van der Waals surface area contributed by atoms with Gasteiger partial charge in [0.2, 0.25) is 15.6 Å². The van der Waals surface area contributed by atoms with Crippen molar-refractivity contribution in [2.75, 3.05) is 0 Å². The quantitative estimate of drug-likeness (QED) is 0.784. The molecule has 1 aromatic carbocycles. The van der Waals surface area contributed by atoms with E-state index in [4.69, 9.17) is 5.73 Å². The van der Waals surface area contributed by atoms with Crippen LogP contribution in [0.25, 0.3) is 10.9 Å². The average molecular weight is 321 g/mol. The minimum Gasteiger partial charge on any atom is -0.328 e. The highest BCUT2D eigenvalue weighted by atomic mass is 32.2. The molecule has 1 heterocycles. The van der Waals surface area contributed by atoms with Gasteiger partial charge in [-0.05, 0) is 49.9 Å². The summed E-state index contributed by atoms with van der Waals surface area (Å²) < 4.78 is 27.7. The van der Waals surface area contributed by atoms with Crippen molar-refractivity contribution in [3.8, 4) is 0 Å².